The molecule has 4 rings (SSSR count). The average molecular weight is 415 g/mol. The molecule has 2 unspecified atom stereocenters. The van der Waals surface area contributed by atoms with Gasteiger partial charge in [0.05, 0.1) is 13.2 Å². The first-order valence-corrected chi connectivity index (χ1v) is 10.5. The van der Waals surface area contributed by atoms with Gasteiger partial charge in [-0.2, -0.15) is 0 Å². The van der Waals surface area contributed by atoms with Crippen LogP contribution in [0.15, 0.2) is 84.4 Å². The SMILES string of the molecule is COc1ccc(/C=C2/C(=O)c3ccccc3C2(O)CCC(C)Oc2ccccc2)cc1. The standard InChI is InChI=1S/C27H26O4/c1-19(31-22-8-4-3-5-9-22)16-17-27(29)24-11-7-6-10-23(24)26(28)25(27)18-20-12-14-21(30-2)15-13-20/h3-15,18-19,29H,16-17H2,1-2H3/b25-18-. The summed E-state index contributed by atoms with van der Waals surface area (Å²) in [6, 6.07) is 24.4. The summed E-state index contributed by atoms with van der Waals surface area (Å²) in [5.41, 5.74) is 1.09. The second kappa shape index (κ2) is 8.78. The lowest BCUT2D eigenvalue weighted by molar-refractivity contribution is 0.0546. The van der Waals surface area contributed by atoms with E-state index in [1.54, 1.807) is 19.3 Å². The fraction of sp³-hybridized carbons (Fsp3) is 0.222. The molecule has 4 heteroatoms. The Hall–Kier alpha value is -3.37. The van der Waals surface area contributed by atoms with Gasteiger partial charge in [0.1, 0.15) is 17.1 Å². The number of benzene rings is 3. The van der Waals surface area contributed by atoms with Gasteiger partial charge < -0.3 is 14.6 Å². The molecule has 0 aliphatic heterocycles. The summed E-state index contributed by atoms with van der Waals surface area (Å²) in [6.45, 7) is 1.98. The van der Waals surface area contributed by atoms with Crippen molar-refractivity contribution in [3.8, 4) is 11.5 Å². The predicted molar refractivity (Wildman–Crippen MR) is 121 cm³/mol. The largest absolute Gasteiger partial charge is 0.497 e. The van der Waals surface area contributed by atoms with Crippen LogP contribution in [0.2, 0.25) is 0 Å². The van der Waals surface area contributed by atoms with E-state index in [2.05, 4.69) is 0 Å². The van der Waals surface area contributed by atoms with Gasteiger partial charge in [0.2, 0.25) is 0 Å². The summed E-state index contributed by atoms with van der Waals surface area (Å²) in [5, 5.41) is 11.8. The molecule has 0 fully saturated rings. The van der Waals surface area contributed by atoms with Crippen molar-refractivity contribution >= 4 is 11.9 Å². The van der Waals surface area contributed by atoms with E-state index in [1.807, 2.05) is 79.7 Å². The fourth-order valence-electron chi connectivity index (χ4n) is 4.04. The van der Waals surface area contributed by atoms with Crippen LogP contribution in [0.3, 0.4) is 0 Å². The van der Waals surface area contributed by atoms with E-state index in [4.69, 9.17) is 9.47 Å². The molecule has 3 aromatic carbocycles. The summed E-state index contributed by atoms with van der Waals surface area (Å²) in [5.74, 6) is 1.40. The van der Waals surface area contributed by atoms with E-state index in [-0.39, 0.29) is 11.9 Å². The Kier molecular flexibility index (Phi) is 5.92. The van der Waals surface area contributed by atoms with Crippen molar-refractivity contribution in [3.63, 3.8) is 0 Å². The van der Waals surface area contributed by atoms with Crippen LogP contribution < -0.4 is 9.47 Å². The van der Waals surface area contributed by atoms with Gasteiger partial charge in [-0.1, -0.05) is 54.6 Å². The molecule has 0 heterocycles. The molecule has 4 nitrogen and oxygen atoms in total. The van der Waals surface area contributed by atoms with Crippen molar-refractivity contribution in [3.05, 3.63) is 101 Å². The van der Waals surface area contributed by atoms with Crippen LogP contribution >= 0.6 is 0 Å². The Morgan fingerprint density at radius 1 is 0.935 bits per heavy atom. The Balaban J connectivity index is 1.62. The van der Waals surface area contributed by atoms with Gasteiger partial charge in [0.25, 0.3) is 0 Å². The van der Waals surface area contributed by atoms with Crippen molar-refractivity contribution in [1.29, 1.82) is 0 Å². The highest BCUT2D eigenvalue weighted by molar-refractivity contribution is 6.17. The van der Waals surface area contributed by atoms with Crippen LogP contribution in [-0.4, -0.2) is 24.1 Å². The Labute approximate surface area is 182 Å². The number of methoxy groups -OCH3 is 1. The third-order valence-electron chi connectivity index (χ3n) is 5.73. The maximum atomic E-state index is 13.2. The van der Waals surface area contributed by atoms with Crippen molar-refractivity contribution in [2.45, 2.75) is 31.5 Å². The molecule has 0 bridgehead atoms. The molecule has 0 saturated carbocycles. The first-order chi connectivity index (χ1) is 15.0. The zero-order valence-electron chi connectivity index (χ0n) is 17.7. The van der Waals surface area contributed by atoms with E-state index in [0.29, 0.717) is 29.5 Å². The quantitative estimate of drug-likeness (QED) is 0.525. The van der Waals surface area contributed by atoms with E-state index >= 15 is 0 Å². The molecule has 31 heavy (non-hydrogen) atoms. The highest BCUT2D eigenvalue weighted by atomic mass is 16.5. The van der Waals surface area contributed by atoms with Crippen molar-refractivity contribution in [1.82, 2.24) is 0 Å². The first kappa shape index (κ1) is 20.9. The maximum Gasteiger partial charge on any atom is 0.192 e. The Morgan fingerprint density at radius 3 is 2.32 bits per heavy atom. The lowest BCUT2D eigenvalue weighted by Gasteiger charge is -2.27. The highest BCUT2D eigenvalue weighted by Crippen LogP contribution is 2.45. The van der Waals surface area contributed by atoms with Crippen LogP contribution in [0.4, 0.5) is 0 Å². The Morgan fingerprint density at radius 2 is 1.61 bits per heavy atom. The van der Waals surface area contributed by atoms with E-state index in [9.17, 15) is 9.90 Å². The second-order valence-corrected chi connectivity index (χ2v) is 7.85. The number of Topliss-reactive ketones (excluding diaryl/α,β-unsaturated/α-hetero) is 1. The number of ether oxygens (including phenoxy) is 2. The number of carbonyl (C=O) groups excluding carboxylic acids is 1. The van der Waals surface area contributed by atoms with Crippen LogP contribution in [-0.2, 0) is 5.60 Å². The molecule has 0 radical (unpaired) electrons. The smallest absolute Gasteiger partial charge is 0.192 e. The molecule has 1 aliphatic rings. The number of fused-ring (bicyclic) bond motifs is 1. The third-order valence-corrected chi connectivity index (χ3v) is 5.73. The summed E-state index contributed by atoms with van der Waals surface area (Å²) < 4.78 is 11.2. The van der Waals surface area contributed by atoms with Crippen LogP contribution in [0.25, 0.3) is 6.08 Å². The molecule has 1 N–H and O–H groups in total. The van der Waals surface area contributed by atoms with Gasteiger partial charge in [0.15, 0.2) is 5.78 Å². The highest BCUT2D eigenvalue weighted by Gasteiger charge is 2.46. The lowest BCUT2D eigenvalue weighted by Crippen LogP contribution is -2.28. The van der Waals surface area contributed by atoms with Crippen LogP contribution in [0.5, 0.6) is 11.5 Å². The second-order valence-electron chi connectivity index (χ2n) is 7.85. The molecule has 2 atom stereocenters. The number of carbonyl (C=O) groups is 1. The minimum Gasteiger partial charge on any atom is -0.497 e. The number of ketones is 1. The number of para-hydroxylation sites is 1. The van der Waals surface area contributed by atoms with Crippen molar-refractivity contribution in [2.75, 3.05) is 7.11 Å². The lowest BCUT2D eigenvalue weighted by atomic mass is 9.85. The molecule has 0 saturated heterocycles. The summed E-state index contributed by atoms with van der Waals surface area (Å²) >= 11 is 0. The number of aliphatic hydroxyl groups is 1. The van der Waals surface area contributed by atoms with E-state index < -0.39 is 5.60 Å². The minimum atomic E-state index is -1.36. The number of hydrogen-bond donors (Lipinski definition) is 1. The number of rotatable bonds is 7. The first-order valence-electron chi connectivity index (χ1n) is 10.5. The van der Waals surface area contributed by atoms with Gasteiger partial charge in [-0.25, -0.2) is 0 Å². The maximum absolute atomic E-state index is 13.2. The Bertz CT molecular complexity index is 1090. The van der Waals surface area contributed by atoms with Crippen molar-refractivity contribution < 1.29 is 19.4 Å². The van der Waals surface area contributed by atoms with Gasteiger partial charge in [0, 0.05) is 11.1 Å². The number of hydrogen-bond acceptors (Lipinski definition) is 4. The zero-order chi connectivity index (χ0) is 21.8. The van der Waals surface area contributed by atoms with Crippen molar-refractivity contribution in [2.24, 2.45) is 0 Å². The minimum absolute atomic E-state index is 0.114. The monoisotopic (exact) mass is 414 g/mol. The third kappa shape index (κ3) is 4.25. The molecule has 0 spiro atoms. The summed E-state index contributed by atoms with van der Waals surface area (Å²) in [4.78, 5) is 13.2. The molecule has 158 valence electrons. The molecule has 0 aromatic heterocycles. The van der Waals surface area contributed by atoms with Gasteiger partial charge in [-0.3, -0.25) is 4.79 Å². The summed E-state index contributed by atoms with van der Waals surface area (Å²) in [7, 11) is 1.61. The summed E-state index contributed by atoms with van der Waals surface area (Å²) in [6.07, 6.45) is 2.64. The molecular weight excluding hydrogens is 388 g/mol. The van der Waals surface area contributed by atoms with Crippen LogP contribution in [0, 0.1) is 0 Å². The normalized spacial score (nSPS) is 19.8. The van der Waals surface area contributed by atoms with E-state index in [0.717, 1.165) is 17.1 Å². The van der Waals surface area contributed by atoms with Crippen LogP contribution in [0.1, 0.15) is 41.3 Å². The fourth-order valence-corrected chi connectivity index (χ4v) is 4.04. The van der Waals surface area contributed by atoms with Gasteiger partial charge >= 0.3 is 0 Å². The topological polar surface area (TPSA) is 55.8 Å². The van der Waals surface area contributed by atoms with Gasteiger partial charge in [-0.15, -0.1) is 0 Å². The van der Waals surface area contributed by atoms with Gasteiger partial charge in [-0.05, 0) is 61.2 Å². The predicted octanol–water partition coefficient (Wildman–Crippen LogP) is 5.41. The molecule has 0 amide bonds. The zero-order valence-corrected chi connectivity index (χ0v) is 17.7. The van der Waals surface area contributed by atoms with E-state index in [1.165, 1.54) is 0 Å². The molecular formula is C27H26O4. The molecule has 1 aliphatic carbocycles. The molecule has 3 aromatic rings. The average Bonchev–Trinajstić information content (AvgIpc) is 3.01.